The molecule has 6 atom stereocenters. The minimum absolute atomic E-state index is 0.0632. The van der Waals surface area contributed by atoms with Crippen LogP contribution in [-0.2, 0) is 51.3 Å². The van der Waals surface area contributed by atoms with Crippen molar-refractivity contribution in [3.63, 3.8) is 0 Å². The first kappa shape index (κ1) is 42.7. The molecule has 0 amide bonds. The number of hydrogen-bond acceptors (Lipinski definition) is 10. The predicted octanol–water partition coefficient (Wildman–Crippen LogP) is 5.66. The summed E-state index contributed by atoms with van der Waals surface area (Å²) in [6.07, 6.45) is -4.19. The second kappa shape index (κ2) is 16.3. The summed E-state index contributed by atoms with van der Waals surface area (Å²) in [4.78, 5) is 0. The second-order valence-electron chi connectivity index (χ2n) is 15.9. The molecule has 274 valence electrons. The standard InChI is InChI=1S/C34H58O10S2Si2/c1-33(2,3)47(9,10)31(35)29(43-45(7,37)38)27(41-23-25-19-15-13-16-20-25)28(42-24-26-21-17-14-18-22-26)30(44-46(8,39)40)32(36)48(11,12)34(4,5)6/h13-22,27-32,35-36H,23-24H2,1-12H3/t27-,28-,29-,30-,31?,32?/m0/s1. The first-order valence-corrected chi connectivity index (χ1v) is 25.9. The van der Waals surface area contributed by atoms with Crippen LogP contribution in [0.1, 0.15) is 52.7 Å². The van der Waals surface area contributed by atoms with Crippen LogP contribution in [0.15, 0.2) is 60.7 Å². The van der Waals surface area contributed by atoms with E-state index in [9.17, 15) is 27.0 Å². The lowest BCUT2D eigenvalue weighted by Gasteiger charge is -2.48. The Kier molecular flexibility index (Phi) is 14.5. The zero-order valence-electron chi connectivity index (χ0n) is 30.6. The van der Waals surface area contributed by atoms with Crippen LogP contribution in [0, 0.1) is 0 Å². The van der Waals surface area contributed by atoms with Crippen LogP contribution in [0.5, 0.6) is 0 Å². The van der Waals surface area contributed by atoms with E-state index in [1.165, 1.54) is 0 Å². The van der Waals surface area contributed by atoms with Crippen molar-refractivity contribution in [2.24, 2.45) is 0 Å². The van der Waals surface area contributed by atoms with E-state index in [2.05, 4.69) is 0 Å². The summed E-state index contributed by atoms with van der Waals surface area (Å²) < 4.78 is 76.4. The third-order valence-electron chi connectivity index (χ3n) is 10.1. The molecule has 0 radical (unpaired) electrons. The average Bonchev–Trinajstić information content (AvgIpc) is 2.95. The molecule has 14 heteroatoms. The van der Waals surface area contributed by atoms with Crippen LogP contribution in [0.4, 0.5) is 0 Å². The Labute approximate surface area is 291 Å². The van der Waals surface area contributed by atoms with Crippen LogP contribution in [0.3, 0.4) is 0 Å². The molecule has 0 saturated carbocycles. The number of aliphatic hydroxyl groups excluding tert-OH is 2. The normalized spacial score (nSPS) is 17.7. The largest absolute Gasteiger partial charge is 0.394 e. The number of ether oxygens (including phenoxy) is 2. The van der Waals surface area contributed by atoms with Crippen molar-refractivity contribution < 1.29 is 44.9 Å². The van der Waals surface area contributed by atoms with E-state index in [0.717, 1.165) is 23.6 Å². The van der Waals surface area contributed by atoms with Crippen molar-refractivity contribution in [3.05, 3.63) is 71.8 Å². The minimum atomic E-state index is -4.22. The van der Waals surface area contributed by atoms with Crippen molar-refractivity contribution >= 4 is 36.4 Å². The van der Waals surface area contributed by atoms with Gasteiger partial charge in [0.05, 0.1) is 53.3 Å². The molecule has 0 bridgehead atoms. The molecule has 0 aliphatic carbocycles. The van der Waals surface area contributed by atoms with Crippen molar-refractivity contribution in [2.75, 3.05) is 12.5 Å². The van der Waals surface area contributed by atoms with E-state index < -0.39 is 82.3 Å². The fraction of sp³-hybridized carbons (Fsp3) is 0.647. The van der Waals surface area contributed by atoms with Gasteiger partial charge in [-0.3, -0.25) is 8.37 Å². The molecule has 0 saturated heterocycles. The van der Waals surface area contributed by atoms with Gasteiger partial charge >= 0.3 is 0 Å². The van der Waals surface area contributed by atoms with Gasteiger partial charge in [0.15, 0.2) is 0 Å². The number of benzene rings is 2. The summed E-state index contributed by atoms with van der Waals surface area (Å²) in [6, 6.07) is 18.3. The Bertz CT molecular complexity index is 1390. The van der Waals surface area contributed by atoms with E-state index in [0.29, 0.717) is 0 Å². The SMILES string of the molecule is CC(C)(C)[Si](C)(C)C(O)[C@@H](OS(C)(=O)=O)[C@@H](OCc1ccccc1)[C@H](OCc1ccccc1)[C@H](OS(C)(=O)=O)C(O)[Si](C)(C)C(C)(C)C. The van der Waals surface area contributed by atoms with Crippen molar-refractivity contribution in [1.29, 1.82) is 0 Å². The summed E-state index contributed by atoms with van der Waals surface area (Å²) in [5.41, 5.74) is -1.23. The molecule has 2 aromatic rings. The molecule has 2 rings (SSSR count). The van der Waals surface area contributed by atoms with Gasteiger partial charge in [0.2, 0.25) is 0 Å². The Morgan fingerprint density at radius 2 is 0.833 bits per heavy atom. The van der Waals surface area contributed by atoms with E-state index >= 15 is 0 Å². The van der Waals surface area contributed by atoms with Crippen molar-refractivity contribution in [3.8, 4) is 0 Å². The van der Waals surface area contributed by atoms with E-state index in [4.69, 9.17) is 17.8 Å². The maximum atomic E-state index is 12.9. The lowest BCUT2D eigenvalue weighted by atomic mass is 10.0. The molecule has 0 heterocycles. The van der Waals surface area contributed by atoms with Gasteiger partial charge in [-0.1, -0.05) is 128 Å². The molecule has 0 aromatic heterocycles. The molecule has 0 fully saturated rings. The minimum Gasteiger partial charge on any atom is -0.394 e. The highest BCUT2D eigenvalue weighted by atomic mass is 32.2. The average molecular weight is 747 g/mol. The maximum absolute atomic E-state index is 12.9. The van der Waals surface area contributed by atoms with Gasteiger partial charge in [-0.05, 0) is 21.2 Å². The monoisotopic (exact) mass is 746 g/mol. The van der Waals surface area contributed by atoms with Crippen LogP contribution in [0.25, 0.3) is 0 Å². The molecule has 0 spiro atoms. The molecule has 2 unspecified atom stereocenters. The zero-order chi connectivity index (χ0) is 36.9. The van der Waals surface area contributed by atoms with Gasteiger partial charge in [0, 0.05) is 0 Å². The van der Waals surface area contributed by atoms with E-state index in [1.807, 2.05) is 128 Å². The predicted molar refractivity (Wildman–Crippen MR) is 196 cm³/mol. The Balaban J connectivity index is 2.97. The van der Waals surface area contributed by atoms with Crippen LogP contribution < -0.4 is 0 Å². The van der Waals surface area contributed by atoms with Gasteiger partial charge < -0.3 is 19.7 Å². The highest BCUT2D eigenvalue weighted by Crippen LogP contribution is 2.43. The maximum Gasteiger partial charge on any atom is 0.264 e. The van der Waals surface area contributed by atoms with Crippen LogP contribution >= 0.6 is 0 Å². The highest BCUT2D eigenvalue weighted by molar-refractivity contribution is 7.86. The third-order valence-corrected chi connectivity index (χ3v) is 22.6. The molecule has 48 heavy (non-hydrogen) atoms. The molecular formula is C34H58O10S2Si2. The summed E-state index contributed by atoms with van der Waals surface area (Å²) in [6.45, 7) is 19.4. The highest BCUT2D eigenvalue weighted by Gasteiger charge is 2.55. The van der Waals surface area contributed by atoms with E-state index in [-0.39, 0.29) is 13.2 Å². The molecular weight excluding hydrogens is 689 g/mol. The summed E-state index contributed by atoms with van der Waals surface area (Å²) in [5, 5.41) is 23.5. The lowest BCUT2D eigenvalue weighted by Crippen LogP contribution is -2.66. The Morgan fingerprint density at radius 3 is 1.06 bits per heavy atom. The smallest absolute Gasteiger partial charge is 0.264 e. The van der Waals surface area contributed by atoms with Crippen molar-refractivity contribution in [1.82, 2.24) is 0 Å². The summed E-state index contributed by atoms with van der Waals surface area (Å²) in [5.74, 6) is 0. The van der Waals surface area contributed by atoms with Gasteiger partial charge in [0.1, 0.15) is 24.4 Å². The molecule has 10 nitrogen and oxygen atoms in total. The quantitative estimate of drug-likeness (QED) is 0.154. The number of rotatable bonds is 17. The summed E-state index contributed by atoms with van der Waals surface area (Å²) in [7, 11) is -14.1. The second-order valence-corrected chi connectivity index (χ2v) is 30.2. The summed E-state index contributed by atoms with van der Waals surface area (Å²) >= 11 is 0. The zero-order valence-corrected chi connectivity index (χ0v) is 34.3. The fourth-order valence-corrected chi connectivity index (χ4v) is 10.3. The van der Waals surface area contributed by atoms with Crippen molar-refractivity contribution in [2.45, 2.75) is 127 Å². The van der Waals surface area contributed by atoms with Crippen LogP contribution in [0.2, 0.25) is 36.3 Å². The lowest BCUT2D eigenvalue weighted by molar-refractivity contribution is -0.175. The molecule has 2 N–H and O–H groups in total. The van der Waals surface area contributed by atoms with Gasteiger partial charge in [-0.15, -0.1) is 0 Å². The Morgan fingerprint density at radius 1 is 0.562 bits per heavy atom. The first-order chi connectivity index (χ1) is 21.7. The van der Waals surface area contributed by atoms with E-state index in [1.54, 1.807) is 0 Å². The van der Waals surface area contributed by atoms with Gasteiger partial charge in [-0.25, -0.2) is 0 Å². The fourth-order valence-electron chi connectivity index (χ4n) is 4.97. The topological polar surface area (TPSA) is 146 Å². The molecule has 0 aliphatic rings. The van der Waals surface area contributed by atoms with Gasteiger partial charge in [0.25, 0.3) is 20.2 Å². The number of hydrogen-bond donors (Lipinski definition) is 2. The van der Waals surface area contributed by atoms with Gasteiger partial charge in [-0.2, -0.15) is 16.8 Å². The molecule has 2 aromatic carbocycles. The molecule has 0 aliphatic heterocycles. The van der Waals surface area contributed by atoms with Crippen LogP contribution in [-0.4, -0.2) is 91.6 Å². The third kappa shape index (κ3) is 11.8. The first-order valence-electron chi connectivity index (χ1n) is 16.1. The number of aliphatic hydroxyl groups is 2. The Hall–Kier alpha value is -1.47.